The Morgan fingerprint density at radius 3 is 2.65 bits per heavy atom. The van der Waals surface area contributed by atoms with Crippen LogP contribution in [-0.4, -0.2) is 13.3 Å². The van der Waals surface area contributed by atoms with Crippen molar-refractivity contribution >= 4 is 0 Å². The lowest BCUT2D eigenvalue weighted by Crippen LogP contribution is -2.29. The number of ether oxygens (including phenoxy) is 1. The van der Waals surface area contributed by atoms with Crippen molar-refractivity contribution < 1.29 is 17.9 Å². The van der Waals surface area contributed by atoms with Crippen molar-refractivity contribution in [3.05, 3.63) is 29.8 Å². The number of hydrogen-bond acceptors (Lipinski definition) is 3. The van der Waals surface area contributed by atoms with Gasteiger partial charge in [0.1, 0.15) is 5.75 Å². The molecule has 1 rings (SSSR count). The smallest absolute Gasteiger partial charge is 0.389 e. The second-order valence-electron chi connectivity index (χ2n) is 3.65. The third-order valence-electron chi connectivity index (χ3n) is 2.41. The molecule has 0 radical (unpaired) electrons. The number of halogens is 3. The first-order valence-electron chi connectivity index (χ1n) is 5.13. The second kappa shape index (κ2) is 5.88. The molecule has 6 heteroatoms. The van der Waals surface area contributed by atoms with E-state index < -0.39 is 18.6 Å². The summed E-state index contributed by atoms with van der Waals surface area (Å²) in [6.07, 6.45) is -5.15. The lowest BCUT2D eigenvalue weighted by molar-refractivity contribution is -0.136. The summed E-state index contributed by atoms with van der Waals surface area (Å²) in [6, 6.07) is 6.28. The van der Waals surface area contributed by atoms with Gasteiger partial charge < -0.3 is 4.74 Å². The number of nitrogens with one attached hydrogen (secondary N) is 1. The monoisotopic (exact) mass is 248 g/mol. The molecule has 0 aliphatic rings. The Morgan fingerprint density at radius 2 is 2.12 bits per heavy atom. The standard InChI is InChI=1S/C11H15F3N2O/c1-17-9-4-2-3-8(7-9)10(16-15)5-6-11(12,13)14/h2-4,7,10,16H,5-6,15H2,1H3. The molecule has 1 aromatic rings. The lowest BCUT2D eigenvalue weighted by Gasteiger charge is -2.17. The van der Waals surface area contributed by atoms with Crippen LogP contribution in [0, 0.1) is 0 Å². The average molecular weight is 248 g/mol. The predicted octanol–water partition coefficient (Wildman–Crippen LogP) is 2.54. The molecule has 0 aliphatic carbocycles. The van der Waals surface area contributed by atoms with Crippen LogP contribution in [0.5, 0.6) is 5.75 Å². The van der Waals surface area contributed by atoms with E-state index in [4.69, 9.17) is 10.6 Å². The molecule has 17 heavy (non-hydrogen) atoms. The summed E-state index contributed by atoms with van der Waals surface area (Å²) in [5.74, 6) is 5.86. The molecule has 96 valence electrons. The molecule has 1 unspecified atom stereocenters. The van der Waals surface area contributed by atoms with Crippen LogP contribution in [-0.2, 0) is 0 Å². The molecule has 0 spiro atoms. The zero-order valence-electron chi connectivity index (χ0n) is 9.42. The first-order valence-corrected chi connectivity index (χ1v) is 5.13. The van der Waals surface area contributed by atoms with Gasteiger partial charge in [0.05, 0.1) is 7.11 Å². The van der Waals surface area contributed by atoms with Gasteiger partial charge in [-0.25, -0.2) is 0 Å². The van der Waals surface area contributed by atoms with E-state index in [1.807, 2.05) is 0 Å². The van der Waals surface area contributed by atoms with Crippen molar-refractivity contribution in [2.75, 3.05) is 7.11 Å². The van der Waals surface area contributed by atoms with Gasteiger partial charge in [0.2, 0.25) is 0 Å². The normalized spacial score (nSPS) is 13.5. The van der Waals surface area contributed by atoms with Crippen molar-refractivity contribution in [2.45, 2.75) is 25.1 Å². The molecular formula is C11H15F3N2O. The van der Waals surface area contributed by atoms with Crippen LogP contribution in [0.3, 0.4) is 0 Å². The maximum Gasteiger partial charge on any atom is 0.389 e. The van der Waals surface area contributed by atoms with E-state index in [0.717, 1.165) is 0 Å². The molecule has 0 heterocycles. The highest BCUT2D eigenvalue weighted by molar-refractivity contribution is 5.30. The van der Waals surface area contributed by atoms with Crippen LogP contribution in [0.1, 0.15) is 24.4 Å². The van der Waals surface area contributed by atoms with Crippen molar-refractivity contribution in [1.82, 2.24) is 5.43 Å². The van der Waals surface area contributed by atoms with Crippen LogP contribution < -0.4 is 16.0 Å². The first-order chi connectivity index (χ1) is 7.96. The summed E-state index contributed by atoms with van der Waals surface area (Å²) in [4.78, 5) is 0. The highest BCUT2D eigenvalue weighted by atomic mass is 19.4. The van der Waals surface area contributed by atoms with Gasteiger partial charge >= 0.3 is 6.18 Å². The zero-order valence-corrected chi connectivity index (χ0v) is 9.42. The lowest BCUT2D eigenvalue weighted by atomic mass is 10.0. The minimum Gasteiger partial charge on any atom is -0.497 e. The van der Waals surface area contributed by atoms with Crippen molar-refractivity contribution in [2.24, 2.45) is 5.84 Å². The number of alkyl halides is 3. The Labute approximate surface area is 97.7 Å². The molecule has 0 saturated heterocycles. The Balaban J connectivity index is 2.72. The van der Waals surface area contributed by atoms with E-state index in [0.29, 0.717) is 11.3 Å². The van der Waals surface area contributed by atoms with Crippen LogP contribution >= 0.6 is 0 Å². The fourth-order valence-corrected chi connectivity index (χ4v) is 1.51. The van der Waals surface area contributed by atoms with Crippen LogP contribution in [0.4, 0.5) is 13.2 Å². The Kier molecular flexibility index (Phi) is 4.77. The van der Waals surface area contributed by atoms with Crippen LogP contribution in [0.15, 0.2) is 24.3 Å². The first kappa shape index (κ1) is 13.8. The van der Waals surface area contributed by atoms with Crippen LogP contribution in [0.25, 0.3) is 0 Å². The van der Waals surface area contributed by atoms with Crippen LogP contribution in [0.2, 0.25) is 0 Å². The Hall–Kier alpha value is -1.27. The van der Waals surface area contributed by atoms with Gasteiger partial charge in [-0.3, -0.25) is 11.3 Å². The van der Waals surface area contributed by atoms with E-state index >= 15 is 0 Å². The van der Waals surface area contributed by atoms with E-state index in [1.165, 1.54) is 7.11 Å². The average Bonchev–Trinajstić information content (AvgIpc) is 2.29. The number of hydrazine groups is 1. The van der Waals surface area contributed by atoms with Gasteiger partial charge in [0.25, 0.3) is 0 Å². The van der Waals surface area contributed by atoms with Gasteiger partial charge in [-0.15, -0.1) is 0 Å². The summed E-state index contributed by atoms with van der Waals surface area (Å²) in [5.41, 5.74) is 3.06. The fraction of sp³-hybridized carbons (Fsp3) is 0.455. The van der Waals surface area contributed by atoms with E-state index in [9.17, 15) is 13.2 Å². The third-order valence-corrected chi connectivity index (χ3v) is 2.41. The highest BCUT2D eigenvalue weighted by Crippen LogP contribution is 2.28. The second-order valence-corrected chi connectivity index (χ2v) is 3.65. The van der Waals surface area contributed by atoms with Crippen molar-refractivity contribution in [1.29, 1.82) is 0 Å². The Bertz CT molecular complexity index is 355. The predicted molar refractivity (Wildman–Crippen MR) is 58.3 cm³/mol. The molecule has 1 atom stereocenters. The summed E-state index contributed by atoms with van der Waals surface area (Å²) >= 11 is 0. The largest absolute Gasteiger partial charge is 0.497 e. The minimum absolute atomic E-state index is 0.104. The summed E-state index contributed by atoms with van der Waals surface area (Å²) < 4.78 is 41.4. The third kappa shape index (κ3) is 4.62. The number of hydrogen-bond donors (Lipinski definition) is 2. The number of nitrogens with two attached hydrogens (primary N) is 1. The van der Waals surface area contributed by atoms with E-state index in [2.05, 4.69) is 5.43 Å². The number of benzene rings is 1. The highest BCUT2D eigenvalue weighted by Gasteiger charge is 2.28. The minimum atomic E-state index is -4.17. The maximum atomic E-state index is 12.1. The SMILES string of the molecule is COc1cccc(C(CCC(F)(F)F)NN)c1. The van der Waals surface area contributed by atoms with Gasteiger partial charge in [-0.05, 0) is 24.1 Å². The maximum absolute atomic E-state index is 12.1. The van der Waals surface area contributed by atoms with Crippen molar-refractivity contribution in [3.8, 4) is 5.75 Å². The van der Waals surface area contributed by atoms with E-state index in [-0.39, 0.29) is 6.42 Å². The molecule has 0 fully saturated rings. The van der Waals surface area contributed by atoms with Gasteiger partial charge in [-0.2, -0.15) is 13.2 Å². The molecular weight excluding hydrogens is 233 g/mol. The molecule has 0 aliphatic heterocycles. The summed E-state index contributed by atoms with van der Waals surface area (Å²) in [7, 11) is 1.50. The molecule has 1 aromatic carbocycles. The molecule has 0 bridgehead atoms. The number of rotatable bonds is 5. The summed E-state index contributed by atoms with van der Waals surface area (Å²) in [5, 5.41) is 0. The van der Waals surface area contributed by atoms with E-state index in [1.54, 1.807) is 24.3 Å². The van der Waals surface area contributed by atoms with Gasteiger partial charge in [-0.1, -0.05) is 12.1 Å². The molecule has 0 saturated carbocycles. The molecule has 3 N–H and O–H groups in total. The molecule has 0 amide bonds. The quantitative estimate of drug-likeness (QED) is 0.622. The number of methoxy groups -OCH3 is 1. The van der Waals surface area contributed by atoms with Crippen molar-refractivity contribution in [3.63, 3.8) is 0 Å². The van der Waals surface area contributed by atoms with Gasteiger partial charge in [0, 0.05) is 12.5 Å². The topological polar surface area (TPSA) is 47.3 Å². The fourth-order valence-electron chi connectivity index (χ4n) is 1.51. The van der Waals surface area contributed by atoms with Gasteiger partial charge in [0.15, 0.2) is 0 Å². The summed E-state index contributed by atoms with van der Waals surface area (Å²) in [6.45, 7) is 0. The Morgan fingerprint density at radius 1 is 1.41 bits per heavy atom. The molecule has 0 aromatic heterocycles. The molecule has 3 nitrogen and oxygen atoms in total. The zero-order chi connectivity index (χ0) is 12.9.